The number of halogens is 3. The zero-order chi connectivity index (χ0) is 12.9. The van der Waals surface area contributed by atoms with E-state index >= 15 is 0 Å². The van der Waals surface area contributed by atoms with Crippen LogP contribution in [0.2, 0.25) is 0 Å². The summed E-state index contributed by atoms with van der Waals surface area (Å²) in [7, 11) is 1.59. The van der Waals surface area contributed by atoms with Gasteiger partial charge < -0.3 is 10.5 Å². The molecule has 2 N–H and O–H groups in total. The van der Waals surface area contributed by atoms with Crippen LogP contribution in [0.25, 0.3) is 0 Å². The van der Waals surface area contributed by atoms with Gasteiger partial charge in [0.05, 0.1) is 5.56 Å². The fraction of sp³-hybridized carbons (Fsp3) is 0.500. The summed E-state index contributed by atoms with van der Waals surface area (Å²) in [5, 5.41) is 0. The Labute approximate surface area is 98.6 Å². The largest absolute Gasteiger partial charge is 0.416 e. The van der Waals surface area contributed by atoms with Crippen LogP contribution in [-0.4, -0.2) is 19.8 Å². The van der Waals surface area contributed by atoms with E-state index in [-0.39, 0.29) is 6.04 Å². The van der Waals surface area contributed by atoms with Crippen molar-refractivity contribution in [1.82, 2.24) is 0 Å². The van der Waals surface area contributed by atoms with E-state index in [1.165, 1.54) is 12.1 Å². The van der Waals surface area contributed by atoms with Gasteiger partial charge in [-0.05, 0) is 30.5 Å². The lowest BCUT2D eigenvalue weighted by atomic mass is 10.0. The summed E-state index contributed by atoms with van der Waals surface area (Å²) >= 11 is 0. The number of benzene rings is 1. The predicted molar refractivity (Wildman–Crippen MR) is 59.6 cm³/mol. The van der Waals surface area contributed by atoms with Gasteiger partial charge in [-0.2, -0.15) is 13.2 Å². The number of rotatable bonds is 5. The number of alkyl halides is 3. The predicted octanol–water partition coefficient (Wildman–Crippen LogP) is 2.61. The molecule has 1 unspecified atom stereocenters. The molecule has 0 saturated heterocycles. The molecule has 0 aliphatic carbocycles. The smallest absolute Gasteiger partial charge is 0.385 e. The standard InChI is InChI=1S/C12H16F3NO/c1-17-7-6-11(16)8-9-2-4-10(5-3-9)12(13,14)15/h2-5,11H,6-8,16H2,1H3. The molecule has 0 radical (unpaired) electrons. The molecule has 1 rings (SSSR count). The van der Waals surface area contributed by atoms with Gasteiger partial charge in [-0.15, -0.1) is 0 Å². The van der Waals surface area contributed by atoms with Gasteiger partial charge in [0.25, 0.3) is 0 Å². The number of ether oxygens (including phenoxy) is 1. The van der Waals surface area contributed by atoms with Crippen molar-refractivity contribution in [2.24, 2.45) is 5.73 Å². The number of hydrogen-bond donors (Lipinski definition) is 1. The van der Waals surface area contributed by atoms with E-state index in [0.717, 1.165) is 17.7 Å². The minimum absolute atomic E-state index is 0.0910. The monoisotopic (exact) mass is 247 g/mol. The molecule has 0 spiro atoms. The van der Waals surface area contributed by atoms with E-state index in [1.54, 1.807) is 7.11 Å². The van der Waals surface area contributed by atoms with E-state index in [4.69, 9.17) is 10.5 Å². The highest BCUT2D eigenvalue weighted by molar-refractivity contribution is 5.25. The van der Waals surface area contributed by atoms with E-state index in [0.29, 0.717) is 19.4 Å². The Balaban J connectivity index is 2.56. The summed E-state index contributed by atoms with van der Waals surface area (Å²) in [5.74, 6) is 0. The van der Waals surface area contributed by atoms with Gasteiger partial charge in [0, 0.05) is 19.8 Å². The summed E-state index contributed by atoms with van der Waals surface area (Å²) in [4.78, 5) is 0. The van der Waals surface area contributed by atoms with Crippen molar-refractivity contribution < 1.29 is 17.9 Å². The summed E-state index contributed by atoms with van der Waals surface area (Å²) < 4.78 is 41.8. The fourth-order valence-corrected chi connectivity index (χ4v) is 1.50. The Hall–Kier alpha value is -1.07. The molecule has 1 aromatic rings. The Morgan fingerprint density at radius 2 is 1.82 bits per heavy atom. The Bertz CT molecular complexity index is 335. The van der Waals surface area contributed by atoms with E-state index in [9.17, 15) is 13.2 Å². The average molecular weight is 247 g/mol. The fourth-order valence-electron chi connectivity index (χ4n) is 1.50. The quantitative estimate of drug-likeness (QED) is 0.868. The number of hydrogen-bond acceptors (Lipinski definition) is 2. The number of methoxy groups -OCH3 is 1. The molecule has 0 aromatic heterocycles. The van der Waals surface area contributed by atoms with Crippen molar-refractivity contribution >= 4 is 0 Å². The first-order valence-electron chi connectivity index (χ1n) is 5.34. The van der Waals surface area contributed by atoms with Crippen LogP contribution < -0.4 is 5.73 Å². The van der Waals surface area contributed by atoms with Crippen LogP contribution in [0.5, 0.6) is 0 Å². The molecule has 0 heterocycles. The summed E-state index contributed by atoms with van der Waals surface area (Å²) in [6.07, 6.45) is -3.03. The lowest BCUT2D eigenvalue weighted by molar-refractivity contribution is -0.137. The highest BCUT2D eigenvalue weighted by Crippen LogP contribution is 2.29. The van der Waals surface area contributed by atoms with Crippen LogP contribution in [0.3, 0.4) is 0 Å². The van der Waals surface area contributed by atoms with Gasteiger partial charge in [0.2, 0.25) is 0 Å². The molecular weight excluding hydrogens is 231 g/mol. The molecule has 0 amide bonds. The van der Waals surface area contributed by atoms with Crippen molar-refractivity contribution in [3.8, 4) is 0 Å². The van der Waals surface area contributed by atoms with Crippen molar-refractivity contribution in [1.29, 1.82) is 0 Å². The summed E-state index contributed by atoms with van der Waals surface area (Å²) in [6, 6.07) is 5.01. The van der Waals surface area contributed by atoms with Gasteiger partial charge in [0.1, 0.15) is 0 Å². The molecule has 0 aliphatic heterocycles. The SMILES string of the molecule is COCCC(N)Cc1ccc(C(F)(F)F)cc1. The second-order valence-corrected chi connectivity index (χ2v) is 3.94. The molecule has 0 bridgehead atoms. The third kappa shape index (κ3) is 4.75. The van der Waals surface area contributed by atoms with E-state index < -0.39 is 11.7 Å². The van der Waals surface area contributed by atoms with Crippen LogP contribution in [0.4, 0.5) is 13.2 Å². The average Bonchev–Trinajstić information content (AvgIpc) is 2.26. The maximum atomic E-state index is 12.3. The maximum absolute atomic E-state index is 12.3. The molecule has 96 valence electrons. The molecule has 1 atom stereocenters. The highest BCUT2D eigenvalue weighted by Gasteiger charge is 2.29. The van der Waals surface area contributed by atoms with Crippen molar-refractivity contribution in [3.05, 3.63) is 35.4 Å². The van der Waals surface area contributed by atoms with Gasteiger partial charge >= 0.3 is 6.18 Å². The van der Waals surface area contributed by atoms with Crippen molar-refractivity contribution in [3.63, 3.8) is 0 Å². The molecule has 0 fully saturated rings. The maximum Gasteiger partial charge on any atom is 0.416 e. The minimum atomic E-state index is -4.28. The first-order valence-corrected chi connectivity index (χ1v) is 5.34. The van der Waals surface area contributed by atoms with Gasteiger partial charge in [-0.3, -0.25) is 0 Å². The lowest BCUT2D eigenvalue weighted by Crippen LogP contribution is -2.24. The highest BCUT2D eigenvalue weighted by atomic mass is 19.4. The third-order valence-corrected chi connectivity index (χ3v) is 2.47. The second-order valence-electron chi connectivity index (χ2n) is 3.94. The van der Waals surface area contributed by atoms with E-state index in [2.05, 4.69) is 0 Å². The van der Waals surface area contributed by atoms with Crippen LogP contribution >= 0.6 is 0 Å². The van der Waals surface area contributed by atoms with Crippen molar-refractivity contribution in [2.75, 3.05) is 13.7 Å². The zero-order valence-corrected chi connectivity index (χ0v) is 9.63. The molecule has 0 saturated carbocycles. The number of nitrogens with two attached hydrogens (primary N) is 1. The van der Waals surface area contributed by atoms with Gasteiger partial charge in [-0.25, -0.2) is 0 Å². The normalized spacial score (nSPS) is 13.7. The second kappa shape index (κ2) is 6.02. The molecule has 2 nitrogen and oxygen atoms in total. The first-order chi connectivity index (χ1) is 7.93. The van der Waals surface area contributed by atoms with Crippen molar-refractivity contribution in [2.45, 2.75) is 25.1 Å². The molecule has 5 heteroatoms. The Morgan fingerprint density at radius 3 is 2.29 bits per heavy atom. The van der Waals surface area contributed by atoms with Crippen LogP contribution in [-0.2, 0) is 17.3 Å². The third-order valence-electron chi connectivity index (χ3n) is 2.47. The van der Waals surface area contributed by atoms with Crippen LogP contribution in [0.1, 0.15) is 17.5 Å². The minimum Gasteiger partial charge on any atom is -0.385 e. The molecule has 1 aromatic carbocycles. The van der Waals surface area contributed by atoms with Gasteiger partial charge in [0.15, 0.2) is 0 Å². The zero-order valence-electron chi connectivity index (χ0n) is 9.63. The molecule has 17 heavy (non-hydrogen) atoms. The Morgan fingerprint density at radius 1 is 1.24 bits per heavy atom. The summed E-state index contributed by atoms with van der Waals surface area (Å²) in [5.41, 5.74) is 5.99. The van der Waals surface area contributed by atoms with Crippen LogP contribution in [0.15, 0.2) is 24.3 Å². The summed E-state index contributed by atoms with van der Waals surface area (Å²) in [6.45, 7) is 0.557. The van der Waals surface area contributed by atoms with Crippen LogP contribution in [0, 0.1) is 0 Å². The van der Waals surface area contributed by atoms with Gasteiger partial charge in [-0.1, -0.05) is 12.1 Å². The lowest BCUT2D eigenvalue weighted by Gasteiger charge is -2.12. The topological polar surface area (TPSA) is 35.2 Å². The first kappa shape index (κ1) is 14.0. The molecular formula is C12H16F3NO. The van der Waals surface area contributed by atoms with E-state index in [1.807, 2.05) is 0 Å². The molecule has 0 aliphatic rings. The Kier molecular flexibility index (Phi) is 4.96.